The molecule has 2 rings (SSSR count). The lowest BCUT2D eigenvalue weighted by atomic mass is 10.2. The van der Waals surface area contributed by atoms with Crippen LogP contribution in [0, 0.1) is 0 Å². The fourth-order valence-corrected chi connectivity index (χ4v) is 2.02. The second kappa shape index (κ2) is 6.29. The van der Waals surface area contributed by atoms with Crippen LogP contribution in [0.1, 0.15) is 20.8 Å². The molecule has 0 aliphatic carbocycles. The Morgan fingerprint density at radius 3 is 2.39 bits per heavy atom. The van der Waals surface area contributed by atoms with Crippen LogP contribution < -0.4 is 10.6 Å². The van der Waals surface area contributed by atoms with E-state index < -0.39 is 17.7 Å². The predicted octanol–water partition coefficient (Wildman–Crippen LogP) is 2.43. The zero-order valence-corrected chi connectivity index (χ0v) is 13.5. The van der Waals surface area contributed by atoms with Gasteiger partial charge in [0, 0.05) is 32.7 Å². The fourth-order valence-electron chi connectivity index (χ4n) is 1.85. The Hall–Kier alpha value is -2.54. The number of esters is 2. The van der Waals surface area contributed by atoms with Crippen LogP contribution in [0.4, 0.5) is 11.4 Å². The minimum atomic E-state index is -1.30. The van der Waals surface area contributed by atoms with Crippen LogP contribution in [-0.4, -0.2) is 23.6 Å². The van der Waals surface area contributed by atoms with Gasteiger partial charge in [0.2, 0.25) is 5.91 Å². The van der Waals surface area contributed by atoms with Gasteiger partial charge in [-0.1, -0.05) is 11.6 Å². The van der Waals surface area contributed by atoms with Gasteiger partial charge in [0.25, 0.3) is 5.79 Å². The maximum atomic E-state index is 11.8. The summed E-state index contributed by atoms with van der Waals surface area (Å²) in [5.74, 6) is -3.13. The van der Waals surface area contributed by atoms with Gasteiger partial charge in [-0.25, -0.2) is 9.59 Å². The second-order valence-corrected chi connectivity index (χ2v) is 5.66. The maximum absolute atomic E-state index is 11.8. The lowest BCUT2D eigenvalue weighted by Gasteiger charge is -2.29. The van der Waals surface area contributed by atoms with Gasteiger partial charge in [-0.3, -0.25) is 4.79 Å². The van der Waals surface area contributed by atoms with E-state index in [1.807, 2.05) is 0 Å². The highest BCUT2D eigenvalue weighted by molar-refractivity contribution is 6.33. The monoisotopic (exact) mass is 338 g/mol. The van der Waals surface area contributed by atoms with Gasteiger partial charge in [0.15, 0.2) is 5.57 Å². The molecule has 0 bridgehead atoms. The lowest BCUT2D eigenvalue weighted by molar-refractivity contribution is -0.222. The van der Waals surface area contributed by atoms with E-state index >= 15 is 0 Å². The molecule has 8 heteroatoms. The van der Waals surface area contributed by atoms with E-state index in [0.29, 0.717) is 16.4 Å². The number of anilines is 2. The van der Waals surface area contributed by atoms with Crippen LogP contribution in [0.25, 0.3) is 0 Å². The van der Waals surface area contributed by atoms with Gasteiger partial charge in [0.1, 0.15) is 0 Å². The molecule has 2 N–H and O–H groups in total. The molecule has 122 valence electrons. The normalized spacial score (nSPS) is 16.3. The van der Waals surface area contributed by atoms with Crippen molar-refractivity contribution in [2.45, 2.75) is 26.6 Å². The molecule has 1 amide bonds. The zero-order valence-electron chi connectivity index (χ0n) is 12.7. The maximum Gasteiger partial charge on any atom is 0.350 e. The average Bonchev–Trinajstić information content (AvgIpc) is 2.39. The number of benzene rings is 1. The molecule has 23 heavy (non-hydrogen) atoms. The topological polar surface area (TPSA) is 93.7 Å². The fraction of sp³-hybridized carbons (Fsp3) is 0.267. The van der Waals surface area contributed by atoms with Crippen LogP contribution >= 0.6 is 11.6 Å². The number of ether oxygens (including phenoxy) is 2. The Bertz CT molecular complexity index is 690. The first-order valence-electron chi connectivity index (χ1n) is 6.68. The van der Waals surface area contributed by atoms with Crippen molar-refractivity contribution in [3.05, 3.63) is 35.0 Å². The molecule has 0 spiro atoms. The summed E-state index contributed by atoms with van der Waals surface area (Å²) in [6, 6.07) is 4.74. The highest BCUT2D eigenvalue weighted by Gasteiger charge is 2.38. The Morgan fingerprint density at radius 1 is 1.22 bits per heavy atom. The number of carbonyl (C=O) groups excluding carboxylic acids is 3. The number of nitrogens with one attached hydrogen (secondary N) is 2. The second-order valence-electron chi connectivity index (χ2n) is 5.26. The van der Waals surface area contributed by atoms with E-state index in [4.69, 9.17) is 21.1 Å². The van der Waals surface area contributed by atoms with E-state index in [0.717, 1.165) is 6.20 Å². The average molecular weight is 339 g/mol. The van der Waals surface area contributed by atoms with Crippen LogP contribution in [0.2, 0.25) is 5.02 Å². The third-order valence-corrected chi connectivity index (χ3v) is 3.11. The largest absolute Gasteiger partial charge is 0.419 e. The van der Waals surface area contributed by atoms with Gasteiger partial charge >= 0.3 is 11.9 Å². The number of halogens is 1. The number of hydrogen-bond donors (Lipinski definition) is 2. The molecule has 1 saturated heterocycles. The van der Waals surface area contributed by atoms with E-state index in [1.165, 1.54) is 20.8 Å². The standard InChI is InChI=1S/C15H15ClN2O5/c1-8(19)18-9-4-5-11(16)12(6-9)17-7-10-13(20)22-15(2,3)23-14(10)21/h4-7,17H,1-3H3,(H,18,19). The van der Waals surface area contributed by atoms with E-state index in [-0.39, 0.29) is 11.5 Å². The summed E-state index contributed by atoms with van der Waals surface area (Å²) < 4.78 is 9.94. The molecule has 0 saturated carbocycles. The summed E-state index contributed by atoms with van der Waals surface area (Å²) in [4.78, 5) is 34.7. The molecule has 0 radical (unpaired) electrons. The quantitative estimate of drug-likeness (QED) is 0.499. The Balaban J connectivity index is 2.21. The Morgan fingerprint density at radius 2 is 1.83 bits per heavy atom. The van der Waals surface area contributed by atoms with Gasteiger partial charge < -0.3 is 20.1 Å². The zero-order chi connectivity index (χ0) is 17.2. The minimum Gasteiger partial charge on any atom is -0.419 e. The van der Waals surface area contributed by atoms with Crippen molar-refractivity contribution in [1.82, 2.24) is 0 Å². The molecular weight excluding hydrogens is 324 g/mol. The van der Waals surface area contributed by atoms with Crippen molar-refractivity contribution in [2.75, 3.05) is 10.6 Å². The number of carbonyl (C=O) groups is 3. The van der Waals surface area contributed by atoms with Crippen molar-refractivity contribution < 1.29 is 23.9 Å². The van der Waals surface area contributed by atoms with Crippen LogP contribution in [0.15, 0.2) is 30.0 Å². The summed E-state index contributed by atoms with van der Waals surface area (Å²) in [7, 11) is 0. The van der Waals surface area contributed by atoms with E-state index in [9.17, 15) is 14.4 Å². The summed E-state index contributed by atoms with van der Waals surface area (Å²) in [5, 5.41) is 5.68. The molecule has 1 aromatic carbocycles. The summed E-state index contributed by atoms with van der Waals surface area (Å²) in [6.45, 7) is 4.29. The van der Waals surface area contributed by atoms with Crippen LogP contribution in [-0.2, 0) is 23.9 Å². The van der Waals surface area contributed by atoms with Crippen molar-refractivity contribution in [3.63, 3.8) is 0 Å². The first kappa shape index (κ1) is 16.8. The highest BCUT2D eigenvalue weighted by Crippen LogP contribution is 2.27. The van der Waals surface area contributed by atoms with Gasteiger partial charge in [-0.05, 0) is 18.2 Å². The van der Waals surface area contributed by atoms with Crippen molar-refractivity contribution in [1.29, 1.82) is 0 Å². The molecule has 1 fully saturated rings. The number of rotatable bonds is 3. The Kier molecular flexibility index (Phi) is 4.60. The van der Waals surface area contributed by atoms with Crippen molar-refractivity contribution in [2.24, 2.45) is 0 Å². The Labute approximate surface area is 137 Å². The van der Waals surface area contributed by atoms with Gasteiger partial charge in [0.05, 0.1) is 10.7 Å². The highest BCUT2D eigenvalue weighted by atomic mass is 35.5. The van der Waals surface area contributed by atoms with Crippen molar-refractivity contribution >= 4 is 40.8 Å². The molecule has 1 aromatic rings. The molecule has 1 heterocycles. The summed E-state index contributed by atoms with van der Waals surface area (Å²) in [5.41, 5.74) is 0.624. The summed E-state index contributed by atoms with van der Waals surface area (Å²) in [6.07, 6.45) is 1.15. The van der Waals surface area contributed by atoms with Crippen LogP contribution in [0.3, 0.4) is 0 Å². The number of amides is 1. The SMILES string of the molecule is CC(=O)Nc1ccc(Cl)c(NC=C2C(=O)OC(C)(C)OC2=O)c1. The molecule has 1 aliphatic heterocycles. The molecule has 0 atom stereocenters. The minimum absolute atomic E-state index is 0.238. The van der Waals surface area contributed by atoms with E-state index in [2.05, 4.69) is 10.6 Å². The van der Waals surface area contributed by atoms with Crippen molar-refractivity contribution in [3.8, 4) is 0 Å². The smallest absolute Gasteiger partial charge is 0.350 e. The molecule has 1 aliphatic rings. The summed E-state index contributed by atoms with van der Waals surface area (Å²) >= 11 is 6.03. The molecule has 0 aromatic heterocycles. The number of cyclic esters (lactones) is 2. The van der Waals surface area contributed by atoms with E-state index in [1.54, 1.807) is 18.2 Å². The first-order valence-corrected chi connectivity index (χ1v) is 7.06. The first-order chi connectivity index (χ1) is 10.7. The predicted molar refractivity (Wildman–Crippen MR) is 83.7 cm³/mol. The lowest BCUT2D eigenvalue weighted by Crippen LogP contribution is -2.42. The molecule has 0 unspecified atom stereocenters. The molecular formula is C15H15ClN2O5. The number of hydrogen-bond acceptors (Lipinski definition) is 6. The third kappa shape index (κ3) is 4.23. The third-order valence-electron chi connectivity index (χ3n) is 2.78. The van der Waals surface area contributed by atoms with Crippen LogP contribution in [0.5, 0.6) is 0 Å². The van der Waals surface area contributed by atoms with Gasteiger partial charge in [-0.15, -0.1) is 0 Å². The molecule has 7 nitrogen and oxygen atoms in total. The van der Waals surface area contributed by atoms with Gasteiger partial charge in [-0.2, -0.15) is 0 Å².